The maximum atomic E-state index is 13.1. The Morgan fingerprint density at radius 2 is 2.20 bits per heavy atom. The zero-order valence-electron chi connectivity index (χ0n) is 8.22. The van der Waals surface area contributed by atoms with Crippen LogP contribution in [0, 0.1) is 5.82 Å². The third kappa shape index (κ3) is 2.09. The summed E-state index contributed by atoms with van der Waals surface area (Å²) >= 11 is 3.30. The molecule has 4 heteroatoms. The van der Waals surface area contributed by atoms with Crippen LogP contribution in [0.4, 0.5) is 10.2 Å². The number of aromatic nitrogens is 1. The smallest absolute Gasteiger partial charge is 0.126 e. The second kappa shape index (κ2) is 4.14. The fraction of sp³-hybridized carbons (Fsp3) is 0.182. The number of hydrogen-bond donors (Lipinski definition) is 1. The van der Waals surface area contributed by atoms with Gasteiger partial charge in [0.25, 0.3) is 0 Å². The topological polar surface area (TPSA) is 24.9 Å². The van der Waals surface area contributed by atoms with Gasteiger partial charge in [-0.15, -0.1) is 0 Å². The fourth-order valence-electron chi connectivity index (χ4n) is 1.44. The summed E-state index contributed by atoms with van der Waals surface area (Å²) in [4.78, 5) is 4.38. The molecule has 0 bridgehead atoms. The highest BCUT2D eigenvalue weighted by Crippen LogP contribution is 2.25. The SMILES string of the molecule is CCNc1ccc2cc(F)cc(Br)c2n1. The number of fused-ring (bicyclic) bond motifs is 1. The molecule has 0 fully saturated rings. The Hall–Kier alpha value is -1.16. The van der Waals surface area contributed by atoms with Crippen molar-refractivity contribution in [3.05, 3.63) is 34.6 Å². The summed E-state index contributed by atoms with van der Waals surface area (Å²) < 4.78 is 13.8. The van der Waals surface area contributed by atoms with Crippen LogP contribution in [0.15, 0.2) is 28.7 Å². The van der Waals surface area contributed by atoms with Crippen molar-refractivity contribution in [3.63, 3.8) is 0 Å². The Morgan fingerprint density at radius 3 is 2.93 bits per heavy atom. The van der Waals surface area contributed by atoms with Crippen LogP contribution in [0.3, 0.4) is 0 Å². The minimum Gasteiger partial charge on any atom is -0.370 e. The summed E-state index contributed by atoms with van der Waals surface area (Å²) in [5.74, 6) is 0.546. The van der Waals surface area contributed by atoms with Gasteiger partial charge < -0.3 is 5.32 Å². The highest BCUT2D eigenvalue weighted by Gasteiger charge is 2.04. The van der Waals surface area contributed by atoms with Crippen molar-refractivity contribution in [2.75, 3.05) is 11.9 Å². The molecule has 0 amide bonds. The maximum Gasteiger partial charge on any atom is 0.126 e. The summed E-state index contributed by atoms with van der Waals surface area (Å²) in [6.07, 6.45) is 0. The lowest BCUT2D eigenvalue weighted by Gasteiger charge is -2.05. The first kappa shape index (κ1) is 10.4. The number of nitrogens with zero attached hydrogens (tertiary/aromatic N) is 1. The van der Waals surface area contributed by atoms with E-state index in [0.29, 0.717) is 4.47 Å². The van der Waals surface area contributed by atoms with E-state index >= 15 is 0 Å². The molecular weight excluding hydrogens is 259 g/mol. The van der Waals surface area contributed by atoms with Crippen molar-refractivity contribution in [3.8, 4) is 0 Å². The van der Waals surface area contributed by atoms with Gasteiger partial charge in [0.15, 0.2) is 0 Å². The number of halogens is 2. The van der Waals surface area contributed by atoms with Gasteiger partial charge >= 0.3 is 0 Å². The van der Waals surface area contributed by atoms with Gasteiger partial charge in [-0.05, 0) is 47.1 Å². The molecule has 0 atom stereocenters. The lowest BCUT2D eigenvalue weighted by atomic mass is 10.2. The predicted molar refractivity (Wildman–Crippen MR) is 63.6 cm³/mol. The summed E-state index contributed by atoms with van der Waals surface area (Å²) in [7, 11) is 0. The van der Waals surface area contributed by atoms with Gasteiger partial charge in [0.1, 0.15) is 11.6 Å². The Bertz CT molecular complexity index is 499. The van der Waals surface area contributed by atoms with Crippen LogP contribution < -0.4 is 5.32 Å². The largest absolute Gasteiger partial charge is 0.370 e. The van der Waals surface area contributed by atoms with Gasteiger partial charge in [0.2, 0.25) is 0 Å². The van der Waals surface area contributed by atoms with E-state index in [1.165, 1.54) is 12.1 Å². The molecule has 1 aromatic heterocycles. The van der Waals surface area contributed by atoms with Gasteiger partial charge in [0, 0.05) is 16.4 Å². The van der Waals surface area contributed by atoms with Crippen LogP contribution in [0.1, 0.15) is 6.92 Å². The first-order valence-corrected chi connectivity index (χ1v) is 5.49. The van der Waals surface area contributed by atoms with E-state index < -0.39 is 0 Å². The average Bonchev–Trinajstić information content (AvgIpc) is 2.19. The molecule has 78 valence electrons. The van der Waals surface area contributed by atoms with E-state index in [2.05, 4.69) is 26.2 Å². The summed E-state index contributed by atoms with van der Waals surface area (Å²) in [5, 5.41) is 3.91. The number of pyridine rings is 1. The molecule has 1 N–H and O–H groups in total. The Morgan fingerprint density at radius 1 is 1.40 bits per heavy atom. The lowest BCUT2D eigenvalue weighted by molar-refractivity contribution is 0.629. The molecule has 0 unspecified atom stereocenters. The molecule has 1 heterocycles. The highest BCUT2D eigenvalue weighted by atomic mass is 79.9. The van der Waals surface area contributed by atoms with Crippen LogP contribution in [0.25, 0.3) is 10.9 Å². The second-order valence-corrected chi connectivity index (χ2v) is 4.04. The summed E-state index contributed by atoms with van der Waals surface area (Å²) in [6, 6.07) is 6.60. The van der Waals surface area contributed by atoms with E-state index in [-0.39, 0.29) is 5.82 Å². The van der Waals surface area contributed by atoms with Crippen molar-refractivity contribution >= 4 is 32.7 Å². The molecule has 0 aliphatic rings. The molecular formula is C11H10BrFN2. The van der Waals surface area contributed by atoms with Crippen LogP contribution in [0.2, 0.25) is 0 Å². The van der Waals surface area contributed by atoms with Gasteiger partial charge in [-0.2, -0.15) is 0 Å². The van der Waals surface area contributed by atoms with E-state index in [1.54, 1.807) is 0 Å². The normalized spacial score (nSPS) is 10.6. The van der Waals surface area contributed by atoms with E-state index in [4.69, 9.17) is 0 Å². The highest BCUT2D eigenvalue weighted by molar-refractivity contribution is 9.10. The van der Waals surface area contributed by atoms with Crippen molar-refractivity contribution in [1.82, 2.24) is 4.98 Å². The van der Waals surface area contributed by atoms with Crippen molar-refractivity contribution in [2.45, 2.75) is 6.92 Å². The van der Waals surface area contributed by atoms with E-state index in [1.807, 2.05) is 19.1 Å². The number of rotatable bonds is 2. The molecule has 2 nitrogen and oxygen atoms in total. The molecule has 0 spiro atoms. The Balaban J connectivity index is 2.60. The Kier molecular flexibility index (Phi) is 2.86. The van der Waals surface area contributed by atoms with Crippen molar-refractivity contribution in [1.29, 1.82) is 0 Å². The molecule has 2 aromatic rings. The van der Waals surface area contributed by atoms with Crippen LogP contribution in [-0.2, 0) is 0 Å². The minimum atomic E-state index is -0.257. The molecule has 2 rings (SSSR count). The Labute approximate surface area is 95.6 Å². The molecule has 15 heavy (non-hydrogen) atoms. The maximum absolute atomic E-state index is 13.1. The van der Waals surface area contributed by atoms with Crippen molar-refractivity contribution in [2.24, 2.45) is 0 Å². The van der Waals surface area contributed by atoms with Crippen LogP contribution >= 0.6 is 15.9 Å². The average molecular weight is 269 g/mol. The third-order valence-electron chi connectivity index (χ3n) is 2.07. The summed E-state index contributed by atoms with van der Waals surface area (Å²) in [5.41, 5.74) is 0.773. The number of benzene rings is 1. The lowest BCUT2D eigenvalue weighted by Crippen LogP contribution is -1.99. The van der Waals surface area contributed by atoms with Gasteiger partial charge in [-0.1, -0.05) is 0 Å². The summed E-state index contributed by atoms with van der Waals surface area (Å²) in [6.45, 7) is 2.82. The number of nitrogens with one attached hydrogen (secondary N) is 1. The monoisotopic (exact) mass is 268 g/mol. The molecule has 1 aromatic carbocycles. The minimum absolute atomic E-state index is 0.257. The fourth-order valence-corrected chi connectivity index (χ4v) is 1.97. The van der Waals surface area contributed by atoms with Gasteiger partial charge in [-0.25, -0.2) is 9.37 Å². The molecule has 0 saturated heterocycles. The number of hydrogen-bond acceptors (Lipinski definition) is 2. The molecule has 0 aliphatic carbocycles. The molecule has 0 radical (unpaired) electrons. The number of anilines is 1. The standard InChI is InChI=1S/C11H10BrFN2/c1-2-14-10-4-3-7-5-8(13)6-9(12)11(7)15-10/h3-6H,2H2,1H3,(H,14,15). The van der Waals surface area contributed by atoms with Crippen LogP contribution in [0.5, 0.6) is 0 Å². The predicted octanol–water partition coefficient (Wildman–Crippen LogP) is 3.57. The van der Waals surface area contributed by atoms with Crippen LogP contribution in [-0.4, -0.2) is 11.5 Å². The zero-order valence-corrected chi connectivity index (χ0v) is 9.81. The quantitative estimate of drug-likeness (QED) is 0.901. The second-order valence-electron chi connectivity index (χ2n) is 3.19. The first-order chi connectivity index (χ1) is 7.20. The van der Waals surface area contributed by atoms with Gasteiger partial charge in [-0.3, -0.25) is 0 Å². The molecule has 0 aliphatic heterocycles. The van der Waals surface area contributed by atoms with Crippen molar-refractivity contribution < 1.29 is 4.39 Å². The third-order valence-corrected chi connectivity index (χ3v) is 2.67. The zero-order chi connectivity index (χ0) is 10.8. The van der Waals surface area contributed by atoms with E-state index in [0.717, 1.165) is 23.3 Å². The van der Waals surface area contributed by atoms with Gasteiger partial charge in [0.05, 0.1) is 5.52 Å². The molecule has 0 saturated carbocycles. The first-order valence-electron chi connectivity index (χ1n) is 4.70. The van der Waals surface area contributed by atoms with E-state index in [9.17, 15) is 4.39 Å².